The molecule has 0 aromatic heterocycles. The van der Waals surface area contributed by atoms with E-state index in [2.05, 4.69) is 32.9 Å². The molecule has 21 heavy (non-hydrogen) atoms. The third-order valence-corrected chi connectivity index (χ3v) is 3.55. The van der Waals surface area contributed by atoms with Crippen molar-refractivity contribution in [3.8, 4) is 0 Å². The van der Waals surface area contributed by atoms with Crippen LogP contribution in [-0.2, 0) is 4.79 Å². The molecule has 1 aliphatic rings. The van der Waals surface area contributed by atoms with E-state index in [4.69, 9.17) is 0 Å². The lowest BCUT2D eigenvalue weighted by atomic mass is 9.97. The Labute approximate surface area is 128 Å². The first-order valence-electron chi connectivity index (χ1n) is 7.74. The lowest BCUT2D eigenvalue weighted by molar-refractivity contribution is -0.121. The topological polar surface area (TPSA) is 68.8 Å². The number of piperidine rings is 1. The van der Waals surface area contributed by atoms with E-state index >= 15 is 0 Å². The quantitative estimate of drug-likeness (QED) is 0.519. The van der Waals surface area contributed by atoms with Gasteiger partial charge in [-0.15, -0.1) is 0 Å². The number of guanidine groups is 1. The average molecular weight is 297 g/mol. The van der Waals surface area contributed by atoms with Crippen LogP contribution in [0.25, 0.3) is 0 Å². The first kappa shape index (κ1) is 17.8. The second kappa shape index (κ2) is 8.22. The number of hydrogen-bond donors (Lipinski definition) is 3. The molecule has 0 saturated carbocycles. The maximum atomic E-state index is 11.8. The first-order chi connectivity index (χ1) is 9.80. The Morgan fingerprint density at radius 1 is 1.24 bits per heavy atom. The molecule has 0 aliphatic carbocycles. The molecule has 0 spiro atoms. The molecule has 0 aromatic rings. The van der Waals surface area contributed by atoms with Gasteiger partial charge in [0.1, 0.15) is 0 Å². The highest BCUT2D eigenvalue weighted by Crippen LogP contribution is 2.14. The monoisotopic (exact) mass is 297 g/mol. The van der Waals surface area contributed by atoms with Gasteiger partial charge in [-0.2, -0.15) is 0 Å². The van der Waals surface area contributed by atoms with Crippen LogP contribution in [0.1, 0.15) is 33.6 Å². The predicted octanol–water partition coefficient (Wildman–Crippen LogP) is 0.408. The van der Waals surface area contributed by atoms with E-state index in [9.17, 15) is 4.79 Å². The number of carbonyl (C=O) groups excluding carboxylic acids is 1. The SMILES string of the molecule is CN=C(NCC(=O)NC(C)(C)C)NCC1CCN(C)CC1. The maximum Gasteiger partial charge on any atom is 0.239 e. The summed E-state index contributed by atoms with van der Waals surface area (Å²) in [7, 11) is 3.89. The highest BCUT2D eigenvalue weighted by molar-refractivity contribution is 5.86. The molecule has 1 fully saturated rings. The van der Waals surface area contributed by atoms with Crippen molar-refractivity contribution in [1.82, 2.24) is 20.9 Å². The van der Waals surface area contributed by atoms with Crippen molar-refractivity contribution in [2.45, 2.75) is 39.2 Å². The summed E-state index contributed by atoms with van der Waals surface area (Å²) in [5.74, 6) is 1.35. The summed E-state index contributed by atoms with van der Waals surface area (Å²) in [4.78, 5) is 18.3. The molecule has 6 heteroatoms. The van der Waals surface area contributed by atoms with Crippen LogP contribution in [0.5, 0.6) is 0 Å². The highest BCUT2D eigenvalue weighted by atomic mass is 16.2. The number of hydrogen-bond acceptors (Lipinski definition) is 3. The van der Waals surface area contributed by atoms with Gasteiger partial charge in [-0.1, -0.05) is 0 Å². The summed E-state index contributed by atoms with van der Waals surface area (Å²) in [6.45, 7) is 9.38. The zero-order valence-corrected chi connectivity index (χ0v) is 14.1. The van der Waals surface area contributed by atoms with Crippen molar-refractivity contribution >= 4 is 11.9 Å². The van der Waals surface area contributed by atoms with Gasteiger partial charge in [0.2, 0.25) is 5.91 Å². The van der Waals surface area contributed by atoms with Crippen LogP contribution in [0.2, 0.25) is 0 Å². The molecule has 3 N–H and O–H groups in total. The van der Waals surface area contributed by atoms with Crippen molar-refractivity contribution in [2.75, 3.05) is 40.3 Å². The van der Waals surface area contributed by atoms with Crippen LogP contribution in [-0.4, -0.2) is 62.6 Å². The van der Waals surface area contributed by atoms with E-state index < -0.39 is 0 Å². The van der Waals surface area contributed by atoms with E-state index in [-0.39, 0.29) is 18.0 Å². The number of aliphatic imine (C=N–C) groups is 1. The summed E-state index contributed by atoms with van der Waals surface area (Å²) >= 11 is 0. The number of likely N-dealkylation sites (tertiary alicyclic amines) is 1. The van der Waals surface area contributed by atoms with Gasteiger partial charge in [-0.25, -0.2) is 0 Å². The number of rotatable bonds is 4. The van der Waals surface area contributed by atoms with Crippen LogP contribution in [0.4, 0.5) is 0 Å². The van der Waals surface area contributed by atoms with E-state index in [0.717, 1.165) is 19.6 Å². The van der Waals surface area contributed by atoms with Crippen LogP contribution < -0.4 is 16.0 Å². The van der Waals surface area contributed by atoms with Gasteiger partial charge >= 0.3 is 0 Å². The molecule has 1 rings (SSSR count). The Morgan fingerprint density at radius 3 is 2.38 bits per heavy atom. The third kappa shape index (κ3) is 7.90. The van der Waals surface area contributed by atoms with Crippen LogP contribution in [0.15, 0.2) is 4.99 Å². The zero-order valence-electron chi connectivity index (χ0n) is 14.1. The Balaban J connectivity index is 2.25. The number of nitrogens with zero attached hydrogens (tertiary/aromatic N) is 2. The third-order valence-electron chi connectivity index (χ3n) is 3.55. The van der Waals surface area contributed by atoms with Gasteiger partial charge in [0.15, 0.2) is 5.96 Å². The minimum Gasteiger partial charge on any atom is -0.356 e. The smallest absolute Gasteiger partial charge is 0.239 e. The Bertz CT molecular complexity index is 354. The summed E-state index contributed by atoms with van der Waals surface area (Å²) in [6, 6.07) is 0. The first-order valence-corrected chi connectivity index (χ1v) is 7.74. The van der Waals surface area contributed by atoms with E-state index in [1.165, 1.54) is 12.8 Å². The second-order valence-electron chi connectivity index (χ2n) is 6.85. The molecule has 6 nitrogen and oxygen atoms in total. The van der Waals surface area contributed by atoms with Gasteiger partial charge in [-0.3, -0.25) is 9.79 Å². The second-order valence-corrected chi connectivity index (χ2v) is 6.85. The molecule has 0 atom stereocenters. The van der Waals surface area contributed by atoms with Gasteiger partial charge < -0.3 is 20.9 Å². The van der Waals surface area contributed by atoms with Gasteiger partial charge in [-0.05, 0) is 59.7 Å². The fourth-order valence-corrected chi connectivity index (χ4v) is 2.35. The van der Waals surface area contributed by atoms with Crippen LogP contribution >= 0.6 is 0 Å². The highest BCUT2D eigenvalue weighted by Gasteiger charge is 2.17. The fraction of sp³-hybridized carbons (Fsp3) is 0.867. The van der Waals surface area contributed by atoms with E-state index in [1.807, 2.05) is 20.8 Å². The van der Waals surface area contributed by atoms with Gasteiger partial charge in [0, 0.05) is 19.1 Å². The largest absolute Gasteiger partial charge is 0.356 e. The summed E-state index contributed by atoms with van der Waals surface area (Å²) in [5, 5.41) is 9.29. The minimum atomic E-state index is -0.205. The number of carbonyl (C=O) groups is 1. The molecule has 0 radical (unpaired) electrons. The molecular weight excluding hydrogens is 266 g/mol. The summed E-state index contributed by atoms with van der Waals surface area (Å²) < 4.78 is 0. The molecule has 1 saturated heterocycles. The molecule has 122 valence electrons. The summed E-state index contributed by atoms with van der Waals surface area (Å²) in [6.07, 6.45) is 2.43. The normalized spacial score (nSPS) is 18.4. The van der Waals surface area contributed by atoms with Crippen molar-refractivity contribution in [1.29, 1.82) is 0 Å². The zero-order chi connectivity index (χ0) is 15.9. The molecule has 1 amide bonds. The maximum absolute atomic E-state index is 11.8. The standard InChI is InChI=1S/C15H31N5O/c1-15(2,3)19-13(21)11-18-14(16-4)17-10-12-6-8-20(5)9-7-12/h12H,6-11H2,1-5H3,(H,19,21)(H2,16,17,18). The molecule has 1 aliphatic heterocycles. The fourth-order valence-electron chi connectivity index (χ4n) is 2.35. The number of nitrogens with one attached hydrogen (secondary N) is 3. The van der Waals surface area contributed by atoms with Gasteiger partial charge in [0.25, 0.3) is 0 Å². The van der Waals surface area contributed by atoms with Crippen molar-refractivity contribution in [3.63, 3.8) is 0 Å². The molecule has 0 bridgehead atoms. The lowest BCUT2D eigenvalue weighted by Gasteiger charge is -2.29. The van der Waals surface area contributed by atoms with Crippen LogP contribution in [0.3, 0.4) is 0 Å². The van der Waals surface area contributed by atoms with Crippen molar-refractivity contribution in [3.05, 3.63) is 0 Å². The lowest BCUT2D eigenvalue weighted by Crippen LogP contribution is -2.49. The average Bonchev–Trinajstić information content (AvgIpc) is 2.39. The predicted molar refractivity (Wildman–Crippen MR) is 87.5 cm³/mol. The van der Waals surface area contributed by atoms with Crippen molar-refractivity contribution < 1.29 is 4.79 Å². The summed E-state index contributed by atoms with van der Waals surface area (Å²) in [5.41, 5.74) is -0.205. The van der Waals surface area contributed by atoms with E-state index in [1.54, 1.807) is 7.05 Å². The van der Waals surface area contributed by atoms with Gasteiger partial charge in [0.05, 0.1) is 6.54 Å². The molecule has 1 heterocycles. The van der Waals surface area contributed by atoms with Crippen molar-refractivity contribution in [2.24, 2.45) is 10.9 Å². The molecule has 0 unspecified atom stereocenters. The van der Waals surface area contributed by atoms with Crippen LogP contribution in [0, 0.1) is 5.92 Å². The molecular formula is C15H31N5O. The molecule has 0 aromatic carbocycles. The minimum absolute atomic E-state index is 0.0234. The number of amides is 1. The Morgan fingerprint density at radius 2 is 1.86 bits per heavy atom. The Kier molecular flexibility index (Phi) is 6.95. The Hall–Kier alpha value is -1.30. The van der Waals surface area contributed by atoms with E-state index in [0.29, 0.717) is 11.9 Å².